The fourth-order valence-electron chi connectivity index (χ4n) is 2.08. The van der Waals surface area contributed by atoms with Gasteiger partial charge in [-0.3, -0.25) is 0 Å². The molecule has 0 bridgehead atoms. The van der Waals surface area contributed by atoms with Gasteiger partial charge in [0.2, 0.25) is 0 Å². The fourth-order valence-corrected chi connectivity index (χ4v) is 2.08. The molecule has 0 fully saturated rings. The van der Waals surface area contributed by atoms with Crippen LogP contribution < -0.4 is 9.47 Å². The van der Waals surface area contributed by atoms with Crippen LogP contribution in [0.4, 0.5) is 0 Å². The molecule has 0 amide bonds. The molecule has 0 N–H and O–H groups in total. The molecule has 0 atom stereocenters. The van der Waals surface area contributed by atoms with Gasteiger partial charge in [-0.1, -0.05) is 30.3 Å². The highest BCUT2D eigenvalue weighted by Gasteiger charge is 2.06. The lowest BCUT2D eigenvalue weighted by Gasteiger charge is -2.12. The fraction of sp³-hybridized carbons (Fsp3) is 0.250. The van der Waals surface area contributed by atoms with Crippen molar-refractivity contribution in [3.05, 3.63) is 65.7 Å². The van der Waals surface area contributed by atoms with Gasteiger partial charge in [0.1, 0.15) is 18.1 Å². The van der Waals surface area contributed by atoms with Crippen LogP contribution in [0.2, 0.25) is 0 Å². The van der Waals surface area contributed by atoms with E-state index in [9.17, 15) is 4.79 Å². The minimum absolute atomic E-state index is 0.0996. The SMILES string of the molecule is CCOC(=O)/C=C/c1ccc(OCc2ccccc2)cc1OCOC. The topological polar surface area (TPSA) is 54.0 Å². The zero-order valence-corrected chi connectivity index (χ0v) is 14.4. The summed E-state index contributed by atoms with van der Waals surface area (Å²) in [5.41, 5.74) is 1.81. The Morgan fingerprint density at radius 2 is 1.88 bits per heavy atom. The molecule has 2 aromatic carbocycles. The van der Waals surface area contributed by atoms with Crippen LogP contribution in [0.5, 0.6) is 11.5 Å². The van der Waals surface area contributed by atoms with Gasteiger partial charge in [-0.2, -0.15) is 0 Å². The van der Waals surface area contributed by atoms with E-state index < -0.39 is 5.97 Å². The van der Waals surface area contributed by atoms with Crippen molar-refractivity contribution in [2.75, 3.05) is 20.5 Å². The number of methoxy groups -OCH3 is 1. The van der Waals surface area contributed by atoms with Crippen molar-refractivity contribution in [3.63, 3.8) is 0 Å². The molecule has 0 heterocycles. The van der Waals surface area contributed by atoms with Crippen LogP contribution in [0.15, 0.2) is 54.6 Å². The van der Waals surface area contributed by atoms with Gasteiger partial charge in [0.05, 0.1) is 6.61 Å². The summed E-state index contributed by atoms with van der Waals surface area (Å²) >= 11 is 0. The second-order valence-corrected chi connectivity index (χ2v) is 5.11. The zero-order valence-electron chi connectivity index (χ0n) is 14.4. The summed E-state index contributed by atoms with van der Waals surface area (Å²) in [6, 6.07) is 15.3. The number of carbonyl (C=O) groups is 1. The predicted molar refractivity (Wildman–Crippen MR) is 95.4 cm³/mol. The lowest BCUT2D eigenvalue weighted by molar-refractivity contribution is -0.137. The van der Waals surface area contributed by atoms with Gasteiger partial charge < -0.3 is 18.9 Å². The highest BCUT2D eigenvalue weighted by Crippen LogP contribution is 2.27. The van der Waals surface area contributed by atoms with E-state index in [1.165, 1.54) is 6.08 Å². The van der Waals surface area contributed by atoms with Crippen molar-refractivity contribution in [1.82, 2.24) is 0 Å². The third-order valence-corrected chi connectivity index (χ3v) is 3.25. The summed E-state index contributed by atoms with van der Waals surface area (Å²) in [6.45, 7) is 2.66. The number of ether oxygens (including phenoxy) is 4. The first kappa shape index (κ1) is 18.5. The van der Waals surface area contributed by atoms with E-state index in [2.05, 4.69) is 0 Å². The van der Waals surface area contributed by atoms with Gasteiger partial charge in [-0.25, -0.2) is 4.79 Å². The standard InChI is InChI=1S/C20H22O5/c1-3-23-20(21)12-10-17-9-11-18(13-19(17)25-15-22-2)24-14-16-7-5-4-6-8-16/h4-13H,3,14-15H2,1-2H3/b12-10+. The molecule has 0 unspecified atom stereocenters. The number of hydrogen-bond donors (Lipinski definition) is 0. The van der Waals surface area contributed by atoms with E-state index in [4.69, 9.17) is 18.9 Å². The molecule has 0 radical (unpaired) electrons. The molecule has 2 rings (SSSR count). The molecule has 0 spiro atoms. The molecule has 0 aromatic heterocycles. The third kappa shape index (κ3) is 6.31. The average molecular weight is 342 g/mol. The quantitative estimate of drug-likeness (QED) is 0.394. The molecule has 2 aromatic rings. The van der Waals surface area contributed by atoms with E-state index >= 15 is 0 Å². The van der Waals surface area contributed by atoms with Crippen LogP contribution in [0.25, 0.3) is 6.08 Å². The monoisotopic (exact) mass is 342 g/mol. The van der Waals surface area contributed by atoms with Crippen LogP contribution >= 0.6 is 0 Å². The van der Waals surface area contributed by atoms with Gasteiger partial charge in [0, 0.05) is 24.8 Å². The number of esters is 1. The summed E-state index contributed by atoms with van der Waals surface area (Å²) in [5, 5.41) is 0. The smallest absolute Gasteiger partial charge is 0.330 e. The van der Waals surface area contributed by atoms with Gasteiger partial charge >= 0.3 is 5.97 Å². The molecule has 0 saturated carbocycles. The minimum atomic E-state index is -0.399. The summed E-state index contributed by atoms with van der Waals surface area (Å²) < 4.78 is 21.2. The molecular weight excluding hydrogens is 320 g/mol. The zero-order chi connectivity index (χ0) is 17.9. The van der Waals surface area contributed by atoms with E-state index in [1.807, 2.05) is 42.5 Å². The second kappa shape index (κ2) is 10.2. The Balaban J connectivity index is 2.10. The van der Waals surface area contributed by atoms with Crippen molar-refractivity contribution in [1.29, 1.82) is 0 Å². The van der Waals surface area contributed by atoms with Crippen molar-refractivity contribution < 1.29 is 23.7 Å². The molecule has 0 aliphatic heterocycles. The van der Waals surface area contributed by atoms with Gasteiger partial charge in [-0.05, 0) is 30.7 Å². The van der Waals surface area contributed by atoms with E-state index in [1.54, 1.807) is 26.2 Å². The summed E-state index contributed by atoms with van der Waals surface area (Å²) in [4.78, 5) is 11.5. The van der Waals surface area contributed by atoms with Crippen LogP contribution in [0.3, 0.4) is 0 Å². The minimum Gasteiger partial charge on any atom is -0.489 e. The van der Waals surface area contributed by atoms with Crippen LogP contribution in [-0.4, -0.2) is 26.5 Å². The van der Waals surface area contributed by atoms with Gasteiger partial charge in [0.15, 0.2) is 6.79 Å². The first-order valence-electron chi connectivity index (χ1n) is 8.00. The van der Waals surface area contributed by atoms with E-state index in [0.29, 0.717) is 24.7 Å². The van der Waals surface area contributed by atoms with Crippen LogP contribution in [0, 0.1) is 0 Å². The molecule has 0 aliphatic carbocycles. The largest absolute Gasteiger partial charge is 0.489 e. The average Bonchev–Trinajstić information content (AvgIpc) is 2.64. The first-order chi connectivity index (χ1) is 12.2. The number of rotatable bonds is 9. The Hall–Kier alpha value is -2.79. The van der Waals surface area contributed by atoms with Gasteiger partial charge in [0.25, 0.3) is 0 Å². The molecule has 5 heteroatoms. The maximum atomic E-state index is 11.5. The summed E-state index contributed by atoms with van der Waals surface area (Å²) in [6.07, 6.45) is 3.01. The Morgan fingerprint density at radius 3 is 2.60 bits per heavy atom. The number of benzene rings is 2. The molecule has 0 saturated heterocycles. The summed E-state index contributed by atoms with van der Waals surface area (Å²) in [7, 11) is 1.55. The molecule has 0 aliphatic rings. The van der Waals surface area contributed by atoms with Crippen molar-refractivity contribution in [3.8, 4) is 11.5 Å². The lowest BCUT2D eigenvalue weighted by atomic mass is 10.1. The Morgan fingerprint density at radius 1 is 1.08 bits per heavy atom. The second-order valence-electron chi connectivity index (χ2n) is 5.11. The Labute approximate surface area is 147 Å². The maximum Gasteiger partial charge on any atom is 0.330 e. The Bertz CT molecular complexity index is 694. The molecule has 132 valence electrons. The van der Waals surface area contributed by atoms with Crippen LogP contribution in [-0.2, 0) is 20.9 Å². The molecule has 5 nitrogen and oxygen atoms in total. The highest BCUT2D eigenvalue weighted by molar-refractivity contribution is 5.87. The third-order valence-electron chi connectivity index (χ3n) is 3.25. The number of hydrogen-bond acceptors (Lipinski definition) is 5. The van der Waals surface area contributed by atoms with Crippen molar-refractivity contribution in [2.24, 2.45) is 0 Å². The first-order valence-corrected chi connectivity index (χ1v) is 8.00. The van der Waals surface area contributed by atoms with E-state index in [-0.39, 0.29) is 6.79 Å². The molecule has 25 heavy (non-hydrogen) atoms. The Kier molecular flexibility index (Phi) is 7.53. The summed E-state index contributed by atoms with van der Waals surface area (Å²) in [5.74, 6) is 0.834. The van der Waals surface area contributed by atoms with E-state index in [0.717, 1.165) is 11.1 Å². The van der Waals surface area contributed by atoms with Crippen molar-refractivity contribution in [2.45, 2.75) is 13.5 Å². The highest BCUT2D eigenvalue weighted by atomic mass is 16.7. The predicted octanol–water partition coefficient (Wildman–Crippen LogP) is 3.82. The normalized spacial score (nSPS) is 10.6. The van der Waals surface area contributed by atoms with Crippen LogP contribution in [0.1, 0.15) is 18.1 Å². The van der Waals surface area contributed by atoms with Crippen molar-refractivity contribution >= 4 is 12.0 Å². The van der Waals surface area contributed by atoms with Gasteiger partial charge in [-0.15, -0.1) is 0 Å². The maximum absolute atomic E-state index is 11.5. The molecular formula is C20H22O5. The number of carbonyl (C=O) groups excluding carboxylic acids is 1. The lowest BCUT2D eigenvalue weighted by Crippen LogP contribution is -2.02.